The van der Waals surface area contributed by atoms with Gasteiger partial charge in [-0.15, -0.1) is 0 Å². The summed E-state index contributed by atoms with van der Waals surface area (Å²) >= 11 is 0. The van der Waals surface area contributed by atoms with Gasteiger partial charge < -0.3 is 10.4 Å². The molecule has 2 atom stereocenters. The largest absolute Gasteiger partial charge is 0.481 e. The number of amides is 3. The number of aliphatic carboxylic acids is 1. The number of carboxylic acid groups (broad SMARTS) is 1. The smallest absolute Gasteiger partial charge is 0.322 e. The molecule has 0 aromatic rings. The fourth-order valence-electron chi connectivity index (χ4n) is 1.37. The SMILES string of the molecule is C[C@@H](CC(=O)O)[C@@]1(C)NC(=O)NC1=O. The van der Waals surface area contributed by atoms with Gasteiger partial charge in [0.05, 0.1) is 6.42 Å². The van der Waals surface area contributed by atoms with Gasteiger partial charge in [-0.25, -0.2) is 4.79 Å². The van der Waals surface area contributed by atoms with E-state index in [1.807, 2.05) is 0 Å². The molecule has 1 saturated heterocycles. The molecule has 0 aromatic carbocycles. The highest BCUT2D eigenvalue weighted by atomic mass is 16.4. The predicted molar refractivity (Wildman–Crippen MR) is 46.5 cm³/mol. The van der Waals surface area contributed by atoms with E-state index in [1.165, 1.54) is 6.92 Å². The summed E-state index contributed by atoms with van der Waals surface area (Å²) in [4.78, 5) is 32.7. The van der Waals surface area contributed by atoms with Gasteiger partial charge in [-0.3, -0.25) is 14.9 Å². The van der Waals surface area contributed by atoms with Gasteiger partial charge in [0.25, 0.3) is 5.91 Å². The summed E-state index contributed by atoms with van der Waals surface area (Å²) in [6.45, 7) is 3.13. The molecule has 0 bridgehead atoms. The van der Waals surface area contributed by atoms with Crippen LogP contribution in [0.3, 0.4) is 0 Å². The zero-order valence-corrected chi connectivity index (χ0v) is 7.96. The third-order valence-electron chi connectivity index (χ3n) is 2.54. The molecule has 6 heteroatoms. The molecule has 3 amide bonds. The van der Waals surface area contributed by atoms with Crippen molar-refractivity contribution in [2.45, 2.75) is 25.8 Å². The van der Waals surface area contributed by atoms with E-state index in [4.69, 9.17) is 5.11 Å². The van der Waals surface area contributed by atoms with Crippen molar-refractivity contribution < 1.29 is 19.5 Å². The van der Waals surface area contributed by atoms with Gasteiger partial charge in [-0.05, 0) is 12.8 Å². The van der Waals surface area contributed by atoms with E-state index in [0.29, 0.717) is 0 Å². The normalized spacial score (nSPS) is 28.1. The highest BCUT2D eigenvalue weighted by Crippen LogP contribution is 2.23. The number of imide groups is 1. The van der Waals surface area contributed by atoms with Crippen LogP contribution in [-0.2, 0) is 9.59 Å². The Labute approximate surface area is 80.7 Å². The van der Waals surface area contributed by atoms with Gasteiger partial charge in [0.1, 0.15) is 5.54 Å². The molecule has 1 heterocycles. The van der Waals surface area contributed by atoms with Crippen molar-refractivity contribution >= 4 is 17.9 Å². The predicted octanol–water partition coefficient (Wildman–Crippen LogP) is -0.305. The number of urea groups is 1. The lowest BCUT2D eigenvalue weighted by molar-refractivity contribution is -0.139. The first-order chi connectivity index (χ1) is 6.36. The van der Waals surface area contributed by atoms with E-state index in [-0.39, 0.29) is 6.42 Å². The Morgan fingerprint density at radius 3 is 2.50 bits per heavy atom. The average molecular weight is 200 g/mol. The van der Waals surface area contributed by atoms with Crippen LogP contribution in [0.1, 0.15) is 20.3 Å². The van der Waals surface area contributed by atoms with Gasteiger partial charge >= 0.3 is 12.0 Å². The molecule has 1 aliphatic heterocycles. The molecule has 0 spiro atoms. The molecule has 0 aliphatic carbocycles. The number of hydrogen-bond donors (Lipinski definition) is 3. The maximum atomic E-state index is 11.3. The molecular formula is C8H12N2O4. The highest BCUT2D eigenvalue weighted by Gasteiger charge is 2.46. The Kier molecular flexibility index (Phi) is 2.46. The molecule has 1 aliphatic rings. The molecule has 0 aromatic heterocycles. The van der Waals surface area contributed by atoms with Crippen molar-refractivity contribution in [1.82, 2.24) is 10.6 Å². The Morgan fingerprint density at radius 2 is 2.14 bits per heavy atom. The number of carboxylic acids is 1. The van der Waals surface area contributed by atoms with Crippen LogP contribution in [0.2, 0.25) is 0 Å². The lowest BCUT2D eigenvalue weighted by Crippen LogP contribution is -2.49. The average Bonchev–Trinajstić information content (AvgIpc) is 2.25. The maximum absolute atomic E-state index is 11.3. The van der Waals surface area contributed by atoms with Crippen molar-refractivity contribution in [2.75, 3.05) is 0 Å². The summed E-state index contributed by atoms with van der Waals surface area (Å²) in [5.74, 6) is -1.92. The van der Waals surface area contributed by atoms with Crippen LogP contribution in [0.5, 0.6) is 0 Å². The molecule has 0 radical (unpaired) electrons. The van der Waals surface area contributed by atoms with Gasteiger partial charge in [-0.2, -0.15) is 0 Å². The molecule has 3 N–H and O–H groups in total. The second-order valence-corrected chi connectivity index (χ2v) is 3.61. The van der Waals surface area contributed by atoms with E-state index < -0.39 is 29.4 Å². The Morgan fingerprint density at radius 1 is 1.57 bits per heavy atom. The molecule has 6 nitrogen and oxygen atoms in total. The first-order valence-electron chi connectivity index (χ1n) is 4.21. The van der Waals surface area contributed by atoms with Crippen molar-refractivity contribution in [3.8, 4) is 0 Å². The summed E-state index contributed by atoms with van der Waals surface area (Å²) in [6.07, 6.45) is -0.163. The molecule has 0 unspecified atom stereocenters. The van der Waals surface area contributed by atoms with Gasteiger partial charge in [-0.1, -0.05) is 6.92 Å². The van der Waals surface area contributed by atoms with Crippen LogP contribution >= 0.6 is 0 Å². The van der Waals surface area contributed by atoms with Gasteiger partial charge in [0.2, 0.25) is 0 Å². The fraction of sp³-hybridized carbons (Fsp3) is 0.625. The van der Waals surface area contributed by atoms with Crippen LogP contribution in [0, 0.1) is 5.92 Å². The molecule has 14 heavy (non-hydrogen) atoms. The molecule has 1 rings (SSSR count). The van der Waals surface area contributed by atoms with Crippen molar-refractivity contribution in [3.63, 3.8) is 0 Å². The minimum absolute atomic E-state index is 0.163. The van der Waals surface area contributed by atoms with Crippen LogP contribution in [0.15, 0.2) is 0 Å². The highest BCUT2D eigenvalue weighted by molar-refractivity contribution is 6.07. The zero-order chi connectivity index (χ0) is 10.9. The third kappa shape index (κ3) is 1.68. The number of carbonyl (C=O) groups is 3. The Bertz CT molecular complexity index is 302. The van der Waals surface area contributed by atoms with E-state index in [0.717, 1.165) is 0 Å². The lowest BCUT2D eigenvalue weighted by Gasteiger charge is -2.26. The lowest BCUT2D eigenvalue weighted by atomic mass is 9.85. The van der Waals surface area contributed by atoms with E-state index in [9.17, 15) is 14.4 Å². The summed E-state index contributed by atoms with van der Waals surface area (Å²) in [7, 11) is 0. The standard InChI is InChI=1S/C8H12N2O4/c1-4(3-5(11)12)8(2)6(13)9-7(14)10-8/h4H,3H2,1-2H3,(H,11,12)(H2,9,10,13,14)/t4-,8+/m0/s1. The Balaban J connectivity index is 2.79. The summed E-state index contributed by atoms with van der Waals surface area (Å²) in [5, 5.41) is 13.1. The Hall–Kier alpha value is -1.59. The number of hydrogen-bond acceptors (Lipinski definition) is 3. The summed E-state index contributed by atoms with van der Waals surface area (Å²) in [6, 6.07) is -0.574. The van der Waals surface area contributed by atoms with E-state index in [1.54, 1.807) is 6.92 Å². The minimum atomic E-state index is -1.12. The number of nitrogens with one attached hydrogen (secondary N) is 2. The first kappa shape index (κ1) is 10.5. The van der Waals surface area contributed by atoms with Crippen LogP contribution in [0.4, 0.5) is 4.79 Å². The number of carbonyl (C=O) groups excluding carboxylic acids is 2. The van der Waals surface area contributed by atoms with E-state index >= 15 is 0 Å². The summed E-state index contributed by atoms with van der Waals surface area (Å²) in [5.41, 5.74) is -1.12. The molecular weight excluding hydrogens is 188 g/mol. The second kappa shape index (κ2) is 3.28. The molecule has 0 saturated carbocycles. The molecule has 1 fully saturated rings. The maximum Gasteiger partial charge on any atom is 0.322 e. The second-order valence-electron chi connectivity index (χ2n) is 3.61. The zero-order valence-electron chi connectivity index (χ0n) is 7.96. The van der Waals surface area contributed by atoms with Crippen molar-refractivity contribution in [2.24, 2.45) is 5.92 Å². The van der Waals surface area contributed by atoms with Crippen LogP contribution in [0.25, 0.3) is 0 Å². The van der Waals surface area contributed by atoms with E-state index in [2.05, 4.69) is 10.6 Å². The quantitative estimate of drug-likeness (QED) is 0.545. The van der Waals surface area contributed by atoms with Crippen molar-refractivity contribution in [3.05, 3.63) is 0 Å². The van der Waals surface area contributed by atoms with Crippen LogP contribution in [-0.4, -0.2) is 28.6 Å². The minimum Gasteiger partial charge on any atom is -0.481 e. The topological polar surface area (TPSA) is 95.5 Å². The summed E-state index contributed by atoms with van der Waals surface area (Å²) < 4.78 is 0. The fourth-order valence-corrected chi connectivity index (χ4v) is 1.37. The van der Waals surface area contributed by atoms with Gasteiger partial charge in [0, 0.05) is 0 Å². The van der Waals surface area contributed by atoms with Crippen LogP contribution < -0.4 is 10.6 Å². The third-order valence-corrected chi connectivity index (χ3v) is 2.54. The number of rotatable bonds is 3. The van der Waals surface area contributed by atoms with Gasteiger partial charge in [0.15, 0.2) is 0 Å². The molecule has 78 valence electrons. The van der Waals surface area contributed by atoms with Crippen molar-refractivity contribution in [1.29, 1.82) is 0 Å². The first-order valence-corrected chi connectivity index (χ1v) is 4.21. The monoisotopic (exact) mass is 200 g/mol.